The molecule has 0 fully saturated rings. The number of hydrogen-bond acceptors (Lipinski definition) is 7. The van der Waals surface area contributed by atoms with Crippen molar-refractivity contribution in [3.8, 4) is 0 Å². The van der Waals surface area contributed by atoms with Crippen molar-refractivity contribution in [2.24, 2.45) is 0 Å². The Morgan fingerprint density at radius 2 is 0.750 bits per heavy atom. The summed E-state index contributed by atoms with van der Waals surface area (Å²) in [5.41, 5.74) is 0. The van der Waals surface area contributed by atoms with Crippen molar-refractivity contribution in [1.82, 2.24) is 0 Å². The minimum absolute atomic E-state index is 0.134. The van der Waals surface area contributed by atoms with E-state index in [0.29, 0.717) is 17.4 Å². The second kappa shape index (κ2) is 57.9. The van der Waals surface area contributed by atoms with Crippen LogP contribution in [0.4, 0.5) is 0 Å². The molecule has 0 saturated carbocycles. The second-order valence-electron chi connectivity index (χ2n) is 22.3. The molecule has 1 N–H and O–H groups in total. The van der Waals surface area contributed by atoms with Crippen molar-refractivity contribution in [3.05, 3.63) is 72.9 Å². The largest absolute Gasteiger partial charge is 0.477 e. The van der Waals surface area contributed by atoms with Crippen LogP contribution in [0.5, 0.6) is 0 Å². The van der Waals surface area contributed by atoms with Gasteiger partial charge in [0.2, 0.25) is 0 Å². The predicted octanol–water partition coefficient (Wildman–Crippen LogP) is 19.0. The summed E-state index contributed by atoms with van der Waals surface area (Å²) in [6.07, 6.45) is 73.2. The molecule has 0 aliphatic heterocycles. The van der Waals surface area contributed by atoms with E-state index in [1.807, 2.05) is 33.3 Å². The minimum Gasteiger partial charge on any atom is -0.477 e. The van der Waals surface area contributed by atoms with Crippen LogP contribution in [0.1, 0.15) is 277 Å². The summed E-state index contributed by atoms with van der Waals surface area (Å²) in [6, 6.07) is 0. The molecule has 0 aromatic rings. The molecule has 0 amide bonds. The summed E-state index contributed by atoms with van der Waals surface area (Å²) in [7, 11) is 5.95. The number of allylic oxidation sites excluding steroid dienone is 12. The van der Waals surface area contributed by atoms with Gasteiger partial charge in [0.1, 0.15) is 13.2 Å². The maximum atomic E-state index is 12.8. The van der Waals surface area contributed by atoms with E-state index in [1.165, 1.54) is 186 Å². The maximum Gasteiger partial charge on any atom is 0.361 e. The van der Waals surface area contributed by atoms with Crippen LogP contribution >= 0.6 is 0 Å². The Labute approximate surface area is 468 Å². The summed E-state index contributed by atoms with van der Waals surface area (Å²) < 4.78 is 22.8. The number of ether oxygens (including phenoxy) is 4. The smallest absolute Gasteiger partial charge is 0.361 e. The summed E-state index contributed by atoms with van der Waals surface area (Å²) in [5.74, 6) is -2.11. The Morgan fingerprint density at radius 3 is 1.09 bits per heavy atom. The molecule has 0 aromatic heterocycles. The first-order valence-electron chi connectivity index (χ1n) is 31.6. The molecule has 0 aliphatic rings. The molecule has 0 aromatic carbocycles. The van der Waals surface area contributed by atoms with Crippen LogP contribution < -0.4 is 0 Å². The van der Waals surface area contributed by atoms with Gasteiger partial charge in [-0.1, -0.05) is 286 Å². The van der Waals surface area contributed by atoms with E-state index in [0.717, 1.165) is 57.8 Å². The molecule has 0 saturated heterocycles. The molecule has 9 heteroatoms. The summed E-state index contributed by atoms with van der Waals surface area (Å²) in [4.78, 5) is 37.4. The Morgan fingerprint density at radius 1 is 0.408 bits per heavy atom. The average molecular weight is 1070 g/mol. The van der Waals surface area contributed by atoms with Crippen LogP contribution in [0.2, 0.25) is 0 Å². The van der Waals surface area contributed by atoms with Gasteiger partial charge < -0.3 is 28.5 Å². The Hall–Kier alpha value is -3.27. The number of likely N-dealkylation sites (N-methyl/N-ethyl adjacent to an activating group) is 1. The molecule has 0 spiro atoms. The number of carbonyl (C=O) groups is 3. The van der Waals surface area contributed by atoms with E-state index in [1.54, 1.807) is 0 Å². The van der Waals surface area contributed by atoms with Gasteiger partial charge in [-0.15, -0.1) is 0 Å². The van der Waals surface area contributed by atoms with Gasteiger partial charge >= 0.3 is 17.9 Å². The van der Waals surface area contributed by atoms with E-state index >= 15 is 0 Å². The topological polar surface area (TPSA) is 108 Å². The van der Waals surface area contributed by atoms with Crippen molar-refractivity contribution in [2.75, 3.05) is 47.5 Å². The molecular formula is C67H120NO8+. The van der Waals surface area contributed by atoms with Crippen LogP contribution in [-0.4, -0.2) is 87.4 Å². The highest BCUT2D eigenvalue weighted by molar-refractivity contribution is 5.71. The quantitative estimate of drug-likeness (QED) is 0.0211. The van der Waals surface area contributed by atoms with Crippen LogP contribution in [0.15, 0.2) is 72.9 Å². The molecule has 440 valence electrons. The third-order valence-electron chi connectivity index (χ3n) is 13.7. The van der Waals surface area contributed by atoms with Crippen LogP contribution in [0.25, 0.3) is 0 Å². The molecule has 2 unspecified atom stereocenters. The van der Waals surface area contributed by atoms with Gasteiger partial charge in [-0.25, -0.2) is 4.79 Å². The molecule has 0 bridgehead atoms. The SMILES string of the molecule is CC/C=C\C/C=C\C/C=C\C/C=C\C/C=C\C/C=C\CCC(=O)OC(COC(=O)CCCCCCCCCCCCCCCCCCCCCCCCCCCCCCCCCC)COC(OCC[N+](C)(C)C)C(=O)O. The van der Waals surface area contributed by atoms with Crippen LogP contribution in [0, 0.1) is 0 Å². The third kappa shape index (κ3) is 58.4. The standard InChI is InChI=1S/C67H119NO8/c1-6-8-10-12-14-16-18-20-22-24-26-27-28-29-30-31-32-33-34-35-36-37-38-40-41-43-45-47-49-51-53-55-57-64(69)74-61-63(62-75-67(66(71)72)73-60-59-68(3,4)5)76-65(70)58-56-54-52-50-48-46-44-42-39-25-23-21-19-17-15-13-11-9-7-2/h9,11,15,17,21,23,39,42,46,48,52,54,63,67H,6-8,10,12-14,16,18-20,22,24-38,40-41,43-45,47,49-51,53,55-62H2,1-5H3/p+1/b11-9-,17-15-,23-21-,42-39-,48-46-,54-52-. The second-order valence-corrected chi connectivity index (χ2v) is 22.3. The lowest BCUT2D eigenvalue weighted by Gasteiger charge is -2.25. The van der Waals surface area contributed by atoms with Crippen LogP contribution in [0.3, 0.4) is 0 Å². The molecule has 2 atom stereocenters. The third-order valence-corrected chi connectivity index (χ3v) is 13.7. The van der Waals surface area contributed by atoms with Crippen molar-refractivity contribution in [1.29, 1.82) is 0 Å². The maximum absolute atomic E-state index is 12.8. The number of carboxylic acids is 1. The van der Waals surface area contributed by atoms with Crippen molar-refractivity contribution < 1.29 is 42.9 Å². The van der Waals surface area contributed by atoms with E-state index in [2.05, 4.69) is 74.6 Å². The lowest BCUT2D eigenvalue weighted by atomic mass is 10.0. The molecule has 0 aliphatic carbocycles. The van der Waals surface area contributed by atoms with Crippen molar-refractivity contribution >= 4 is 17.9 Å². The molecule has 76 heavy (non-hydrogen) atoms. The Balaban J connectivity index is 4.14. The number of carboxylic acid groups (broad SMARTS) is 1. The highest BCUT2D eigenvalue weighted by atomic mass is 16.7. The van der Waals surface area contributed by atoms with E-state index in [4.69, 9.17) is 18.9 Å². The van der Waals surface area contributed by atoms with Gasteiger partial charge in [0.15, 0.2) is 6.10 Å². The number of unbranched alkanes of at least 4 members (excludes halogenated alkanes) is 31. The van der Waals surface area contributed by atoms with Crippen LogP contribution in [-0.2, 0) is 33.3 Å². The van der Waals surface area contributed by atoms with Gasteiger partial charge in [-0.05, 0) is 51.4 Å². The zero-order valence-corrected chi connectivity index (χ0v) is 50.2. The van der Waals surface area contributed by atoms with Crippen molar-refractivity contribution in [3.63, 3.8) is 0 Å². The van der Waals surface area contributed by atoms with Crippen molar-refractivity contribution in [2.45, 2.75) is 289 Å². The summed E-state index contributed by atoms with van der Waals surface area (Å²) >= 11 is 0. The number of rotatable bonds is 58. The number of hydrogen-bond donors (Lipinski definition) is 1. The van der Waals surface area contributed by atoms with Gasteiger partial charge in [0.05, 0.1) is 34.4 Å². The fraction of sp³-hybridized carbons (Fsp3) is 0.776. The van der Waals surface area contributed by atoms with E-state index < -0.39 is 24.3 Å². The van der Waals surface area contributed by atoms with E-state index in [9.17, 15) is 19.5 Å². The first-order valence-corrected chi connectivity index (χ1v) is 31.6. The Bertz CT molecular complexity index is 1470. The van der Waals surface area contributed by atoms with Gasteiger partial charge in [-0.2, -0.15) is 0 Å². The first kappa shape index (κ1) is 72.7. The molecule has 0 heterocycles. The van der Waals surface area contributed by atoms with Gasteiger partial charge in [0, 0.05) is 12.8 Å². The highest BCUT2D eigenvalue weighted by Crippen LogP contribution is 2.18. The van der Waals surface area contributed by atoms with Gasteiger partial charge in [-0.3, -0.25) is 9.59 Å². The zero-order chi connectivity index (χ0) is 55.5. The zero-order valence-electron chi connectivity index (χ0n) is 50.2. The van der Waals surface area contributed by atoms with E-state index in [-0.39, 0.29) is 38.6 Å². The lowest BCUT2D eigenvalue weighted by Crippen LogP contribution is -2.40. The number of aliphatic carboxylic acids is 1. The summed E-state index contributed by atoms with van der Waals surface area (Å²) in [5, 5.41) is 9.70. The number of nitrogens with zero attached hydrogens (tertiary/aromatic N) is 1. The fourth-order valence-corrected chi connectivity index (χ4v) is 8.92. The fourth-order valence-electron chi connectivity index (χ4n) is 8.92. The predicted molar refractivity (Wildman–Crippen MR) is 323 cm³/mol. The first-order chi connectivity index (χ1) is 37.1. The Kier molecular flexibility index (Phi) is 55.4. The lowest BCUT2D eigenvalue weighted by molar-refractivity contribution is -0.870. The van der Waals surface area contributed by atoms with Gasteiger partial charge in [0.25, 0.3) is 6.29 Å². The molecule has 9 nitrogen and oxygen atoms in total. The number of esters is 2. The number of carbonyl (C=O) groups excluding carboxylic acids is 2. The highest BCUT2D eigenvalue weighted by Gasteiger charge is 2.25. The molecule has 0 radical (unpaired) electrons. The minimum atomic E-state index is -1.53. The molecule has 0 rings (SSSR count). The number of quaternary nitrogens is 1. The summed E-state index contributed by atoms with van der Waals surface area (Å²) in [6.45, 7) is 4.70. The molecular weight excluding hydrogens is 947 g/mol. The monoisotopic (exact) mass is 1070 g/mol. The normalized spacial score (nSPS) is 13.2. The average Bonchev–Trinajstić information content (AvgIpc) is 3.39.